The zero-order chi connectivity index (χ0) is 17.5. The molecule has 2 aromatic rings. The minimum atomic E-state index is -0.836. The van der Waals surface area contributed by atoms with E-state index in [1.807, 2.05) is 0 Å². The molecule has 2 N–H and O–H groups in total. The first kappa shape index (κ1) is 17.3. The van der Waals surface area contributed by atoms with Crippen LogP contribution in [0.4, 0.5) is 5.69 Å². The highest BCUT2D eigenvalue weighted by atomic mass is 16.5. The van der Waals surface area contributed by atoms with Crippen molar-refractivity contribution in [2.45, 2.75) is 12.8 Å². The average Bonchev–Trinajstić information content (AvgIpc) is 2.60. The van der Waals surface area contributed by atoms with Gasteiger partial charge in [-0.2, -0.15) is 0 Å². The van der Waals surface area contributed by atoms with Crippen molar-refractivity contribution in [3.05, 3.63) is 53.6 Å². The Balaban J connectivity index is 2.10. The molecule has 0 radical (unpaired) electrons. The van der Waals surface area contributed by atoms with E-state index in [1.165, 1.54) is 14.2 Å². The number of amides is 1. The average molecular weight is 329 g/mol. The van der Waals surface area contributed by atoms with Gasteiger partial charge in [0, 0.05) is 12.1 Å². The molecular weight excluding hydrogens is 310 g/mol. The predicted molar refractivity (Wildman–Crippen MR) is 89.9 cm³/mol. The number of methoxy groups -OCH3 is 2. The van der Waals surface area contributed by atoms with E-state index in [0.29, 0.717) is 29.2 Å². The Hall–Kier alpha value is -3.02. The van der Waals surface area contributed by atoms with Crippen LogP contribution in [0.3, 0.4) is 0 Å². The second-order valence-corrected chi connectivity index (χ2v) is 5.11. The lowest BCUT2D eigenvalue weighted by molar-refractivity contribution is -0.136. The molecule has 6 heteroatoms. The molecule has 126 valence electrons. The van der Waals surface area contributed by atoms with Gasteiger partial charge in [-0.05, 0) is 42.3 Å². The van der Waals surface area contributed by atoms with Crippen LogP contribution < -0.4 is 14.8 Å². The van der Waals surface area contributed by atoms with E-state index in [2.05, 4.69) is 5.32 Å². The molecule has 0 heterocycles. The number of aryl methyl sites for hydroxylation is 1. The monoisotopic (exact) mass is 329 g/mol. The Morgan fingerprint density at radius 1 is 1.04 bits per heavy atom. The maximum absolute atomic E-state index is 12.4. The molecular formula is C18H19NO5. The molecule has 0 saturated carbocycles. The fourth-order valence-electron chi connectivity index (χ4n) is 2.20. The van der Waals surface area contributed by atoms with Gasteiger partial charge < -0.3 is 19.9 Å². The second kappa shape index (κ2) is 8.01. The maximum Gasteiger partial charge on any atom is 0.303 e. The smallest absolute Gasteiger partial charge is 0.303 e. The van der Waals surface area contributed by atoms with Gasteiger partial charge >= 0.3 is 5.97 Å². The van der Waals surface area contributed by atoms with Gasteiger partial charge in [-0.1, -0.05) is 12.1 Å². The van der Waals surface area contributed by atoms with E-state index in [4.69, 9.17) is 14.6 Å². The molecule has 0 atom stereocenters. The standard InChI is InChI=1S/C18H19NO5/c1-23-14-8-9-16(24-2)15(11-14)18(22)19-13-6-3-12(4-7-13)5-10-17(20)21/h3-4,6-9,11H,5,10H2,1-2H3,(H,19,22)(H,20,21). The van der Waals surface area contributed by atoms with Crippen LogP contribution in [0.2, 0.25) is 0 Å². The summed E-state index contributed by atoms with van der Waals surface area (Å²) in [5, 5.41) is 11.5. The van der Waals surface area contributed by atoms with Crippen LogP contribution in [0.25, 0.3) is 0 Å². The lowest BCUT2D eigenvalue weighted by atomic mass is 10.1. The Morgan fingerprint density at radius 2 is 1.75 bits per heavy atom. The summed E-state index contributed by atoms with van der Waals surface area (Å²) in [5.74, 6) is -0.141. The number of carbonyl (C=O) groups excluding carboxylic acids is 1. The zero-order valence-electron chi connectivity index (χ0n) is 13.5. The first-order valence-corrected chi connectivity index (χ1v) is 7.37. The molecule has 0 unspecified atom stereocenters. The third-order valence-electron chi connectivity index (χ3n) is 3.49. The van der Waals surface area contributed by atoms with Gasteiger partial charge in [-0.25, -0.2) is 0 Å². The van der Waals surface area contributed by atoms with Crippen molar-refractivity contribution in [2.75, 3.05) is 19.5 Å². The highest BCUT2D eigenvalue weighted by Gasteiger charge is 2.14. The van der Waals surface area contributed by atoms with Crippen molar-refractivity contribution < 1.29 is 24.2 Å². The molecule has 0 aromatic heterocycles. The molecule has 0 fully saturated rings. The van der Waals surface area contributed by atoms with E-state index in [0.717, 1.165) is 5.56 Å². The lowest BCUT2D eigenvalue weighted by Gasteiger charge is -2.11. The van der Waals surface area contributed by atoms with Crippen LogP contribution >= 0.6 is 0 Å². The number of anilines is 1. The molecule has 2 rings (SSSR count). The van der Waals surface area contributed by atoms with Crippen molar-refractivity contribution in [1.82, 2.24) is 0 Å². The summed E-state index contributed by atoms with van der Waals surface area (Å²) in [5.41, 5.74) is 1.88. The van der Waals surface area contributed by atoms with Crippen LogP contribution in [0.5, 0.6) is 11.5 Å². The first-order valence-electron chi connectivity index (χ1n) is 7.37. The molecule has 0 saturated heterocycles. The number of ether oxygens (including phenoxy) is 2. The van der Waals surface area contributed by atoms with Gasteiger partial charge in [0.25, 0.3) is 5.91 Å². The minimum Gasteiger partial charge on any atom is -0.497 e. The number of carbonyl (C=O) groups is 2. The predicted octanol–water partition coefficient (Wildman–Crippen LogP) is 2.97. The number of carboxylic acids is 1. The van der Waals surface area contributed by atoms with Gasteiger partial charge in [-0.15, -0.1) is 0 Å². The van der Waals surface area contributed by atoms with Crippen molar-refractivity contribution in [3.63, 3.8) is 0 Å². The van der Waals surface area contributed by atoms with E-state index in [-0.39, 0.29) is 12.3 Å². The normalized spacial score (nSPS) is 10.1. The number of hydrogen-bond donors (Lipinski definition) is 2. The number of hydrogen-bond acceptors (Lipinski definition) is 4. The summed E-state index contributed by atoms with van der Waals surface area (Å²) in [6.07, 6.45) is 0.528. The van der Waals surface area contributed by atoms with E-state index < -0.39 is 5.97 Å². The summed E-state index contributed by atoms with van der Waals surface area (Å²) < 4.78 is 10.3. The van der Waals surface area contributed by atoms with Crippen LogP contribution in [0.15, 0.2) is 42.5 Å². The van der Waals surface area contributed by atoms with Gasteiger partial charge in [-0.3, -0.25) is 9.59 Å². The Morgan fingerprint density at radius 3 is 2.33 bits per heavy atom. The van der Waals surface area contributed by atoms with Crippen molar-refractivity contribution in [1.29, 1.82) is 0 Å². The van der Waals surface area contributed by atoms with Crippen molar-refractivity contribution in [2.24, 2.45) is 0 Å². The maximum atomic E-state index is 12.4. The third kappa shape index (κ3) is 4.49. The Kier molecular flexibility index (Phi) is 5.78. The molecule has 24 heavy (non-hydrogen) atoms. The number of rotatable bonds is 7. The van der Waals surface area contributed by atoms with E-state index >= 15 is 0 Å². The third-order valence-corrected chi connectivity index (χ3v) is 3.49. The highest BCUT2D eigenvalue weighted by molar-refractivity contribution is 6.06. The first-order chi connectivity index (χ1) is 11.5. The summed E-state index contributed by atoms with van der Waals surface area (Å²) in [6, 6.07) is 12.1. The number of aliphatic carboxylic acids is 1. The SMILES string of the molecule is COc1ccc(OC)c(C(=O)Nc2ccc(CCC(=O)O)cc2)c1. The van der Waals surface area contributed by atoms with Gasteiger partial charge in [0.05, 0.1) is 19.8 Å². The van der Waals surface area contributed by atoms with Gasteiger partial charge in [0.2, 0.25) is 0 Å². The van der Waals surface area contributed by atoms with Crippen LogP contribution in [0.1, 0.15) is 22.3 Å². The fraction of sp³-hybridized carbons (Fsp3) is 0.222. The van der Waals surface area contributed by atoms with Gasteiger partial charge in [0.15, 0.2) is 0 Å². The number of benzene rings is 2. The number of nitrogens with one attached hydrogen (secondary N) is 1. The summed E-state index contributed by atoms with van der Waals surface area (Å²) in [7, 11) is 3.02. The molecule has 6 nitrogen and oxygen atoms in total. The minimum absolute atomic E-state index is 0.0761. The largest absolute Gasteiger partial charge is 0.497 e. The quantitative estimate of drug-likeness (QED) is 0.816. The van der Waals surface area contributed by atoms with Gasteiger partial charge in [0.1, 0.15) is 11.5 Å². The molecule has 2 aromatic carbocycles. The lowest BCUT2D eigenvalue weighted by Crippen LogP contribution is -2.13. The van der Waals surface area contributed by atoms with Crippen LogP contribution in [-0.2, 0) is 11.2 Å². The second-order valence-electron chi connectivity index (χ2n) is 5.11. The van der Waals surface area contributed by atoms with Crippen molar-refractivity contribution >= 4 is 17.6 Å². The zero-order valence-corrected chi connectivity index (χ0v) is 13.5. The molecule has 0 aliphatic heterocycles. The fourth-order valence-corrected chi connectivity index (χ4v) is 2.20. The Labute approximate surface area is 140 Å². The molecule has 0 aliphatic carbocycles. The summed E-state index contributed by atoms with van der Waals surface area (Å²) >= 11 is 0. The van der Waals surface area contributed by atoms with Crippen LogP contribution in [-0.4, -0.2) is 31.2 Å². The van der Waals surface area contributed by atoms with Crippen LogP contribution in [0, 0.1) is 0 Å². The molecule has 0 bridgehead atoms. The van der Waals surface area contributed by atoms with E-state index in [9.17, 15) is 9.59 Å². The summed E-state index contributed by atoms with van der Waals surface area (Å²) in [4.78, 5) is 23.0. The topological polar surface area (TPSA) is 84.9 Å². The molecule has 0 aliphatic rings. The number of carboxylic acid groups (broad SMARTS) is 1. The molecule has 1 amide bonds. The Bertz CT molecular complexity index is 725. The van der Waals surface area contributed by atoms with Crippen molar-refractivity contribution in [3.8, 4) is 11.5 Å². The van der Waals surface area contributed by atoms with E-state index in [1.54, 1.807) is 42.5 Å². The molecule has 0 spiro atoms. The summed E-state index contributed by atoms with van der Waals surface area (Å²) in [6.45, 7) is 0. The highest BCUT2D eigenvalue weighted by Crippen LogP contribution is 2.25.